The Kier molecular flexibility index (Phi) is 4.15. The molecule has 7 heteroatoms. The third kappa shape index (κ3) is 3.20. The molecule has 0 aromatic carbocycles. The van der Waals surface area contributed by atoms with Crippen LogP contribution in [0.5, 0.6) is 0 Å². The van der Waals surface area contributed by atoms with Crippen molar-refractivity contribution in [1.29, 1.82) is 0 Å². The van der Waals surface area contributed by atoms with Crippen LogP contribution in [0.3, 0.4) is 0 Å². The highest BCUT2D eigenvalue weighted by atomic mass is 16.4. The van der Waals surface area contributed by atoms with Crippen LogP contribution >= 0.6 is 0 Å². The monoisotopic (exact) mass is 283 g/mol. The van der Waals surface area contributed by atoms with E-state index in [1.807, 2.05) is 0 Å². The molecule has 1 aliphatic carbocycles. The maximum Gasteiger partial charge on any atom is 0.318 e. The van der Waals surface area contributed by atoms with Gasteiger partial charge in [0.05, 0.1) is 12.0 Å². The number of carboxylic acid groups (broad SMARTS) is 1. The molecule has 0 aromatic heterocycles. The molecule has 0 radical (unpaired) electrons. The average molecular weight is 283 g/mol. The number of piperazine rings is 1. The number of nitrogens with one attached hydrogen (secondary N) is 1. The van der Waals surface area contributed by atoms with Gasteiger partial charge in [0.2, 0.25) is 5.91 Å². The number of amides is 3. The Morgan fingerprint density at radius 1 is 1.30 bits per heavy atom. The summed E-state index contributed by atoms with van der Waals surface area (Å²) in [5, 5.41) is 11.9. The van der Waals surface area contributed by atoms with E-state index < -0.39 is 11.5 Å². The second-order valence-electron chi connectivity index (χ2n) is 5.72. The lowest BCUT2D eigenvalue weighted by atomic mass is 9.93. The number of carbonyl (C=O) groups is 3. The number of urea groups is 1. The van der Waals surface area contributed by atoms with E-state index >= 15 is 0 Å². The fraction of sp³-hybridized carbons (Fsp3) is 0.769. The molecule has 20 heavy (non-hydrogen) atoms. The number of hydrogen-bond donors (Lipinski definition) is 2. The van der Waals surface area contributed by atoms with E-state index in [-0.39, 0.29) is 24.9 Å². The van der Waals surface area contributed by atoms with Gasteiger partial charge < -0.3 is 20.2 Å². The average Bonchev–Trinajstić information content (AvgIpc) is 2.79. The van der Waals surface area contributed by atoms with Crippen molar-refractivity contribution in [2.45, 2.75) is 37.6 Å². The zero-order valence-corrected chi connectivity index (χ0v) is 11.7. The minimum Gasteiger partial charge on any atom is -0.481 e. The Bertz CT molecular complexity index is 418. The zero-order chi connectivity index (χ0) is 14.8. The quantitative estimate of drug-likeness (QED) is 0.777. The van der Waals surface area contributed by atoms with Crippen LogP contribution in [0.1, 0.15) is 32.1 Å². The second kappa shape index (κ2) is 5.68. The first-order valence-electron chi connectivity index (χ1n) is 6.95. The van der Waals surface area contributed by atoms with Crippen molar-refractivity contribution in [3.05, 3.63) is 0 Å². The number of hydrogen-bond acceptors (Lipinski definition) is 3. The van der Waals surface area contributed by atoms with E-state index in [1.165, 1.54) is 4.90 Å². The normalized spacial score (nSPS) is 21.9. The van der Waals surface area contributed by atoms with Crippen LogP contribution in [0.2, 0.25) is 0 Å². The lowest BCUT2D eigenvalue weighted by Crippen LogP contribution is -2.58. The van der Waals surface area contributed by atoms with Gasteiger partial charge in [0.15, 0.2) is 0 Å². The summed E-state index contributed by atoms with van der Waals surface area (Å²) in [6.45, 7) is 1.06. The second-order valence-corrected chi connectivity index (χ2v) is 5.72. The molecule has 0 bridgehead atoms. The number of carbonyl (C=O) groups excluding carboxylic acids is 2. The molecular weight excluding hydrogens is 262 g/mol. The predicted molar refractivity (Wildman–Crippen MR) is 71.2 cm³/mol. The Morgan fingerprint density at radius 3 is 2.50 bits per heavy atom. The fourth-order valence-electron chi connectivity index (χ4n) is 2.92. The van der Waals surface area contributed by atoms with Crippen molar-refractivity contribution in [2.24, 2.45) is 0 Å². The summed E-state index contributed by atoms with van der Waals surface area (Å²) in [6.07, 6.45) is 3.17. The van der Waals surface area contributed by atoms with Crippen molar-refractivity contribution < 1.29 is 19.5 Å². The van der Waals surface area contributed by atoms with E-state index in [1.54, 1.807) is 11.9 Å². The first kappa shape index (κ1) is 14.6. The predicted octanol–water partition coefficient (Wildman–Crippen LogP) is 0.257. The van der Waals surface area contributed by atoms with Gasteiger partial charge in [0.1, 0.15) is 6.54 Å². The minimum atomic E-state index is -0.901. The van der Waals surface area contributed by atoms with Gasteiger partial charge in [-0.3, -0.25) is 9.59 Å². The number of nitrogens with zero attached hydrogens (tertiary/aromatic N) is 2. The van der Waals surface area contributed by atoms with Crippen molar-refractivity contribution >= 4 is 17.9 Å². The van der Waals surface area contributed by atoms with E-state index in [2.05, 4.69) is 5.32 Å². The molecule has 7 nitrogen and oxygen atoms in total. The molecule has 2 N–H and O–H groups in total. The summed E-state index contributed by atoms with van der Waals surface area (Å²) >= 11 is 0. The highest BCUT2D eigenvalue weighted by Crippen LogP contribution is 2.32. The largest absolute Gasteiger partial charge is 0.481 e. The molecule has 0 atom stereocenters. The first-order valence-corrected chi connectivity index (χ1v) is 6.95. The van der Waals surface area contributed by atoms with Gasteiger partial charge in [-0.2, -0.15) is 0 Å². The summed E-state index contributed by atoms with van der Waals surface area (Å²) in [6, 6.07) is -0.324. The van der Waals surface area contributed by atoms with Gasteiger partial charge in [0.25, 0.3) is 0 Å². The molecule has 0 spiro atoms. The molecule has 1 saturated carbocycles. The molecule has 1 aliphatic heterocycles. The summed E-state index contributed by atoms with van der Waals surface area (Å²) in [4.78, 5) is 37.9. The van der Waals surface area contributed by atoms with Crippen molar-refractivity contribution in [3.8, 4) is 0 Å². The summed E-state index contributed by atoms with van der Waals surface area (Å²) < 4.78 is 0. The topological polar surface area (TPSA) is 89.9 Å². The van der Waals surface area contributed by atoms with Gasteiger partial charge in [-0.15, -0.1) is 0 Å². The molecule has 3 amide bonds. The van der Waals surface area contributed by atoms with Crippen LogP contribution in [0.15, 0.2) is 0 Å². The van der Waals surface area contributed by atoms with Gasteiger partial charge in [-0.1, -0.05) is 12.8 Å². The van der Waals surface area contributed by atoms with Crippen LogP contribution in [0.25, 0.3) is 0 Å². The number of rotatable bonds is 3. The Balaban J connectivity index is 1.98. The van der Waals surface area contributed by atoms with Crippen LogP contribution in [0, 0.1) is 0 Å². The lowest BCUT2D eigenvalue weighted by Gasteiger charge is -2.36. The SMILES string of the molecule is CN1CCN(C(=O)NC2(CC(=O)O)CCCC2)CC1=O. The standard InChI is InChI=1S/C13H21N3O4/c1-15-6-7-16(9-10(15)17)12(20)14-13(8-11(18)19)4-2-3-5-13/h2-9H2,1H3,(H,14,20)(H,18,19). The smallest absolute Gasteiger partial charge is 0.318 e. The van der Waals surface area contributed by atoms with Gasteiger partial charge >= 0.3 is 12.0 Å². The Hall–Kier alpha value is -1.79. The van der Waals surface area contributed by atoms with Crippen molar-refractivity contribution in [1.82, 2.24) is 15.1 Å². The zero-order valence-electron chi connectivity index (χ0n) is 11.7. The number of aliphatic carboxylic acids is 1. The van der Waals surface area contributed by atoms with E-state index in [9.17, 15) is 14.4 Å². The third-order valence-corrected chi connectivity index (χ3v) is 4.17. The first-order chi connectivity index (χ1) is 9.42. The molecule has 1 saturated heterocycles. The molecule has 0 unspecified atom stereocenters. The highest BCUT2D eigenvalue weighted by Gasteiger charge is 2.39. The Morgan fingerprint density at radius 2 is 1.95 bits per heavy atom. The molecular formula is C13H21N3O4. The summed E-state index contributed by atoms with van der Waals surface area (Å²) in [5.74, 6) is -0.994. The molecule has 1 heterocycles. The lowest BCUT2D eigenvalue weighted by molar-refractivity contribution is -0.139. The maximum absolute atomic E-state index is 12.2. The fourth-order valence-corrected chi connectivity index (χ4v) is 2.92. The van der Waals surface area contributed by atoms with Crippen LogP contribution in [0.4, 0.5) is 4.79 Å². The van der Waals surface area contributed by atoms with E-state index in [0.717, 1.165) is 12.8 Å². The number of carboxylic acids is 1. The molecule has 112 valence electrons. The number of likely N-dealkylation sites (N-methyl/N-ethyl adjacent to an activating group) is 1. The Labute approximate surface area is 117 Å². The minimum absolute atomic E-state index is 0.0551. The van der Waals surface area contributed by atoms with Gasteiger partial charge in [0, 0.05) is 20.1 Å². The van der Waals surface area contributed by atoms with Crippen LogP contribution in [-0.2, 0) is 9.59 Å². The van der Waals surface area contributed by atoms with Crippen LogP contribution in [-0.4, -0.2) is 65.0 Å². The van der Waals surface area contributed by atoms with Gasteiger partial charge in [-0.05, 0) is 12.8 Å². The third-order valence-electron chi connectivity index (χ3n) is 4.17. The van der Waals surface area contributed by atoms with Crippen molar-refractivity contribution in [2.75, 3.05) is 26.7 Å². The van der Waals surface area contributed by atoms with Crippen molar-refractivity contribution in [3.63, 3.8) is 0 Å². The molecule has 2 aliphatic rings. The molecule has 2 fully saturated rings. The van der Waals surface area contributed by atoms with E-state index in [0.29, 0.717) is 25.9 Å². The maximum atomic E-state index is 12.2. The summed E-state index contributed by atoms with van der Waals surface area (Å²) in [5.41, 5.74) is -0.644. The summed E-state index contributed by atoms with van der Waals surface area (Å²) in [7, 11) is 1.71. The van der Waals surface area contributed by atoms with Crippen LogP contribution < -0.4 is 5.32 Å². The highest BCUT2D eigenvalue weighted by molar-refractivity contribution is 5.85. The molecule has 0 aromatic rings. The van der Waals surface area contributed by atoms with E-state index in [4.69, 9.17) is 5.11 Å². The molecule has 2 rings (SSSR count). The van der Waals surface area contributed by atoms with Gasteiger partial charge in [-0.25, -0.2) is 4.79 Å².